The van der Waals surface area contributed by atoms with E-state index in [-0.39, 0.29) is 45.7 Å². The van der Waals surface area contributed by atoms with Crippen molar-refractivity contribution in [2.45, 2.75) is 25.0 Å². The highest BCUT2D eigenvalue weighted by molar-refractivity contribution is 8.00. The van der Waals surface area contributed by atoms with Crippen LogP contribution in [0.1, 0.15) is 39.2 Å². The van der Waals surface area contributed by atoms with Crippen molar-refractivity contribution in [3.8, 4) is 0 Å². The third kappa shape index (κ3) is 5.25. The van der Waals surface area contributed by atoms with E-state index in [9.17, 15) is 27.6 Å². The third-order valence-electron chi connectivity index (χ3n) is 4.22. The molecule has 0 bridgehead atoms. The van der Waals surface area contributed by atoms with Crippen molar-refractivity contribution in [3.05, 3.63) is 47.0 Å². The SMILES string of the molecule is CCOC(=O)c1c(C)oc(NC(=O)CSc2nc(C(F)(F)F)nc3ccccc23)c1C(N)=O. The first-order chi connectivity index (χ1) is 15.5. The summed E-state index contributed by atoms with van der Waals surface area (Å²) in [5, 5.41) is 2.59. The van der Waals surface area contributed by atoms with Crippen molar-refractivity contribution in [2.75, 3.05) is 17.7 Å². The van der Waals surface area contributed by atoms with Gasteiger partial charge in [-0.15, -0.1) is 0 Å². The summed E-state index contributed by atoms with van der Waals surface area (Å²) in [5.74, 6) is -4.70. The molecule has 0 unspecified atom stereocenters. The molecule has 174 valence electrons. The minimum Gasteiger partial charge on any atom is -0.462 e. The number of aryl methyl sites for hydroxylation is 1. The zero-order chi connectivity index (χ0) is 24.3. The van der Waals surface area contributed by atoms with Crippen LogP contribution in [0.4, 0.5) is 19.1 Å². The highest BCUT2D eigenvalue weighted by Gasteiger charge is 2.35. The van der Waals surface area contributed by atoms with Gasteiger partial charge in [0, 0.05) is 5.39 Å². The topological polar surface area (TPSA) is 137 Å². The Kier molecular flexibility index (Phi) is 6.91. The van der Waals surface area contributed by atoms with Crippen LogP contribution in [-0.4, -0.2) is 40.1 Å². The van der Waals surface area contributed by atoms with Gasteiger partial charge in [-0.25, -0.2) is 14.8 Å². The number of nitrogens with two attached hydrogens (primary N) is 1. The molecule has 3 rings (SSSR count). The van der Waals surface area contributed by atoms with Crippen LogP contribution < -0.4 is 11.1 Å². The van der Waals surface area contributed by atoms with E-state index >= 15 is 0 Å². The van der Waals surface area contributed by atoms with Crippen LogP contribution in [0, 0.1) is 6.92 Å². The molecule has 0 atom stereocenters. The molecule has 2 heterocycles. The van der Waals surface area contributed by atoms with Gasteiger partial charge in [-0.05, 0) is 19.9 Å². The predicted molar refractivity (Wildman–Crippen MR) is 112 cm³/mol. The second-order valence-corrected chi connectivity index (χ2v) is 7.49. The number of halogens is 3. The first kappa shape index (κ1) is 24.0. The molecule has 3 aromatic rings. The largest absolute Gasteiger partial charge is 0.462 e. The maximum Gasteiger partial charge on any atom is 0.451 e. The average molecular weight is 482 g/mol. The smallest absolute Gasteiger partial charge is 0.451 e. The lowest BCUT2D eigenvalue weighted by Crippen LogP contribution is -2.21. The number of ether oxygens (including phenoxy) is 1. The number of amides is 2. The molecule has 3 N–H and O–H groups in total. The zero-order valence-electron chi connectivity index (χ0n) is 17.3. The number of thioether (sulfide) groups is 1. The van der Waals surface area contributed by atoms with Gasteiger partial charge in [-0.3, -0.25) is 14.9 Å². The van der Waals surface area contributed by atoms with Crippen LogP contribution in [0.3, 0.4) is 0 Å². The molecule has 0 spiro atoms. The molecule has 0 radical (unpaired) electrons. The minimum atomic E-state index is -4.77. The molecule has 0 aliphatic heterocycles. The number of alkyl halides is 3. The monoisotopic (exact) mass is 482 g/mol. The van der Waals surface area contributed by atoms with E-state index in [0.29, 0.717) is 5.39 Å². The number of hydrogen-bond donors (Lipinski definition) is 2. The Morgan fingerprint density at radius 2 is 1.88 bits per heavy atom. The number of nitrogens with zero attached hydrogens (tertiary/aromatic N) is 2. The van der Waals surface area contributed by atoms with E-state index in [1.54, 1.807) is 13.0 Å². The number of furan rings is 1. The molecule has 9 nitrogen and oxygen atoms in total. The summed E-state index contributed by atoms with van der Waals surface area (Å²) in [5.41, 5.74) is 4.82. The van der Waals surface area contributed by atoms with E-state index in [0.717, 1.165) is 11.8 Å². The molecule has 0 fully saturated rings. The summed E-state index contributed by atoms with van der Waals surface area (Å²) in [6.07, 6.45) is -4.77. The Balaban J connectivity index is 1.85. The summed E-state index contributed by atoms with van der Waals surface area (Å²) >= 11 is 0.735. The Labute approximate surface area is 188 Å². The van der Waals surface area contributed by atoms with Crippen LogP contribution in [0.5, 0.6) is 0 Å². The van der Waals surface area contributed by atoms with Crippen LogP contribution in [0.25, 0.3) is 10.9 Å². The lowest BCUT2D eigenvalue weighted by Gasteiger charge is -2.10. The van der Waals surface area contributed by atoms with E-state index in [1.807, 2.05) is 0 Å². The standard InChI is InChI=1S/C20H17F3N4O5S/c1-3-31-18(30)13-9(2)32-16(14(13)15(24)29)26-12(28)8-33-17-10-6-4-5-7-11(10)25-19(27-17)20(21,22)23/h4-7H,3,8H2,1-2H3,(H2,24,29)(H,26,28). The minimum absolute atomic E-state index is 0.00168. The third-order valence-corrected chi connectivity index (χ3v) is 5.22. The maximum absolute atomic E-state index is 13.2. The highest BCUT2D eigenvalue weighted by atomic mass is 32.2. The van der Waals surface area contributed by atoms with Gasteiger partial charge in [-0.2, -0.15) is 13.2 Å². The number of carbonyl (C=O) groups is 3. The van der Waals surface area contributed by atoms with Crippen molar-refractivity contribution < 1.29 is 36.7 Å². The summed E-state index contributed by atoms with van der Waals surface area (Å²) in [7, 11) is 0. The van der Waals surface area contributed by atoms with Gasteiger partial charge in [0.05, 0.1) is 17.9 Å². The maximum atomic E-state index is 13.2. The van der Waals surface area contributed by atoms with Gasteiger partial charge >= 0.3 is 12.1 Å². The fourth-order valence-electron chi connectivity index (χ4n) is 2.90. The van der Waals surface area contributed by atoms with Gasteiger partial charge < -0.3 is 14.9 Å². The van der Waals surface area contributed by atoms with Crippen LogP contribution >= 0.6 is 11.8 Å². The number of anilines is 1. The summed E-state index contributed by atoms with van der Waals surface area (Å²) in [6, 6.07) is 6.06. The fourth-order valence-corrected chi connectivity index (χ4v) is 3.72. The average Bonchev–Trinajstić information content (AvgIpc) is 3.07. The number of nitrogens with one attached hydrogen (secondary N) is 1. The number of benzene rings is 1. The molecule has 0 aliphatic carbocycles. The predicted octanol–water partition coefficient (Wildman–Crippen LogP) is 3.56. The molecule has 0 aliphatic rings. The number of rotatable bonds is 7. The Bertz CT molecular complexity index is 1240. The van der Waals surface area contributed by atoms with E-state index in [2.05, 4.69) is 15.3 Å². The van der Waals surface area contributed by atoms with Gasteiger partial charge in [0.2, 0.25) is 17.6 Å². The molecular weight excluding hydrogens is 465 g/mol. The van der Waals surface area contributed by atoms with E-state index in [1.165, 1.54) is 25.1 Å². The highest BCUT2D eigenvalue weighted by Crippen LogP contribution is 2.32. The van der Waals surface area contributed by atoms with Crippen LogP contribution in [0.2, 0.25) is 0 Å². The van der Waals surface area contributed by atoms with Crippen molar-refractivity contribution >= 4 is 46.3 Å². The summed E-state index contributed by atoms with van der Waals surface area (Å²) in [6.45, 7) is 2.99. The van der Waals surface area contributed by atoms with Crippen LogP contribution in [-0.2, 0) is 15.7 Å². The number of hydrogen-bond acceptors (Lipinski definition) is 8. The number of primary amides is 1. The second kappa shape index (κ2) is 9.48. The molecule has 13 heteroatoms. The first-order valence-corrected chi connectivity index (χ1v) is 10.4. The summed E-state index contributed by atoms with van der Waals surface area (Å²) in [4.78, 5) is 43.5. The quantitative estimate of drug-likeness (QED) is 0.296. The molecule has 0 saturated heterocycles. The molecule has 2 aromatic heterocycles. The van der Waals surface area contributed by atoms with Crippen LogP contribution in [0.15, 0.2) is 33.7 Å². The lowest BCUT2D eigenvalue weighted by atomic mass is 10.1. The van der Waals surface area contributed by atoms with Gasteiger partial charge in [-0.1, -0.05) is 30.0 Å². The Hall–Kier alpha value is -3.61. The van der Waals surface area contributed by atoms with Gasteiger partial charge in [0.1, 0.15) is 21.9 Å². The normalized spacial score (nSPS) is 11.4. The van der Waals surface area contributed by atoms with E-state index < -0.39 is 29.8 Å². The van der Waals surface area contributed by atoms with Crippen molar-refractivity contribution in [1.29, 1.82) is 0 Å². The molecule has 1 aromatic carbocycles. The molecular formula is C20H17F3N4O5S. The van der Waals surface area contributed by atoms with Crippen molar-refractivity contribution in [2.24, 2.45) is 5.73 Å². The van der Waals surface area contributed by atoms with Crippen molar-refractivity contribution in [1.82, 2.24) is 9.97 Å². The molecule has 33 heavy (non-hydrogen) atoms. The number of aromatic nitrogens is 2. The van der Waals surface area contributed by atoms with Crippen molar-refractivity contribution in [3.63, 3.8) is 0 Å². The Morgan fingerprint density at radius 3 is 2.52 bits per heavy atom. The molecule has 2 amide bonds. The number of carbonyl (C=O) groups excluding carboxylic acids is 3. The molecule has 0 saturated carbocycles. The first-order valence-electron chi connectivity index (χ1n) is 9.39. The summed E-state index contributed by atoms with van der Waals surface area (Å²) < 4.78 is 49.7. The number of para-hydroxylation sites is 1. The fraction of sp³-hybridized carbons (Fsp3) is 0.250. The van der Waals surface area contributed by atoms with Gasteiger partial charge in [0.15, 0.2) is 0 Å². The zero-order valence-corrected chi connectivity index (χ0v) is 18.1. The second-order valence-electron chi connectivity index (χ2n) is 6.53. The Morgan fingerprint density at radius 1 is 1.18 bits per heavy atom. The number of fused-ring (bicyclic) bond motifs is 1. The lowest BCUT2D eigenvalue weighted by molar-refractivity contribution is -0.145. The van der Waals surface area contributed by atoms with E-state index in [4.69, 9.17) is 14.9 Å². The van der Waals surface area contributed by atoms with Gasteiger partial charge in [0.25, 0.3) is 5.91 Å². The number of esters is 1.